The Morgan fingerprint density at radius 3 is 2.30 bits per heavy atom. The lowest BCUT2D eigenvalue weighted by Gasteiger charge is -2.31. The smallest absolute Gasteiger partial charge is 0.191 e. The molecule has 1 fully saturated rings. The second-order valence-corrected chi connectivity index (χ2v) is 6.28. The van der Waals surface area contributed by atoms with Crippen LogP contribution in [0.25, 0.3) is 0 Å². The van der Waals surface area contributed by atoms with Crippen LogP contribution in [-0.2, 0) is 0 Å². The van der Waals surface area contributed by atoms with Crippen LogP contribution in [0.2, 0.25) is 0 Å². The number of aliphatic imine (C=N–C) groups is 1. The highest BCUT2D eigenvalue weighted by Gasteiger charge is 2.21. The van der Waals surface area contributed by atoms with Crippen LogP contribution in [0.4, 0.5) is 0 Å². The summed E-state index contributed by atoms with van der Waals surface area (Å²) in [4.78, 5) is 6.87. The minimum Gasteiger partial charge on any atom is -0.356 e. The molecule has 1 atom stereocenters. The van der Waals surface area contributed by atoms with Crippen molar-refractivity contribution in [1.29, 1.82) is 0 Å². The molecule has 0 aliphatic heterocycles. The van der Waals surface area contributed by atoms with E-state index in [2.05, 4.69) is 48.2 Å². The molecule has 118 valence electrons. The lowest BCUT2D eigenvalue weighted by atomic mass is 10.0. The third-order valence-electron chi connectivity index (χ3n) is 4.06. The third kappa shape index (κ3) is 6.60. The fourth-order valence-corrected chi connectivity index (χ4v) is 2.64. The Kier molecular flexibility index (Phi) is 7.97. The Morgan fingerprint density at radius 2 is 1.85 bits per heavy atom. The summed E-state index contributed by atoms with van der Waals surface area (Å²) >= 11 is 0. The summed E-state index contributed by atoms with van der Waals surface area (Å²) in [5.74, 6) is 2.56. The molecule has 0 aromatic heterocycles. The summed E-state index contributed by atoms with van der Waals surface area (Å²) in [5.41, 5.74) is 0. The van der Waals surface area contributed by atoms with E-state index in [-0.39, 0.29) is 0 Å². The maximum Gasteiger partial charge on any atom is 0.191 e. The van der Waals surface area contributed by atoms with Crippen molar-refractivity contribution >= 4 is 5.96 Å². The van der Waals surface area contributed by atoms with E-state index in [1.807, 2.05) is 7.05 Å². The van der Waals surface area contributed by atoms with E-state index in [0.29, 0.717) is 6.04 Å². The lowest BCUT2D eigenvalue weighted by Crippen LogP contribution is -2.48. The lowest BCUT2D eigenvalue weighted by molar-refractivity contribution is 0.191. The first kappa shape index (κ1) is 17.3. The first-order valence-electron chi connectivity index (χ1n) is 8.29. The van der Waals surface area contributed by atoms with E-state index in [1.165, 1.54) is 19.3 Å². The van der Waals surface area contributed by atoms with Gasteiger partial charge in [-0.15, -0.1) is 0 Å². The molecular weight excluding hydrogens is 248 g/mol. The van der Waals surface area contributed by atoms with Crippen molar-refractivity contribution in [3.05, 3.63) is 0 Å². The highest BCUT2D eigenvalue weighted by atomic mass is 15.2. The number of hydrogen-bond acceptors (Lipinski definition) is 2. The van der Waals surface area contributed by atoms with Crippen LogP contribution >= 0.6 is 0 Å². The zero-order chi connectivity index (χ0) is 15.0. The van der Waals surface area contributed by atoms with Crippen LogP contribution in [0, 0.1) is 11.8 Å². The standard InChI is InChI=1S/C16H34N4/c1-6-20(7-2)15(10-13(3)4)12-19-16(17-5)18-11-14-8-9-14/h13-15H,6-12H2,1-5H3,(H2,17,18,19). The van der Waals surface area contributed by atoms with Crippen LogP contribution in [-0.4, -0.2) is 50.1 Å². The van der Waals surface area contributed by atoms with Crippen LogP contribution in [0.5, 0.6) is 0 Å². The Labute approximate surface area is 125 Å². The van der Waals surface area contributed by atoms with Gasteiger partial charge in [-0.3, -0.25) is 9.89 Å². The number of likely N-dealkylation sites (N-methyl/N-ethyl adjacent to an activating group) is 1. The Morgan fingerprint density at radius 1 is 1.20 bits per heavy atom. The van der Waals surface area contributed by atoms with Crippen molar-refractivity contribution < 1.29 is 0 Å². The molecule has 0 saturated heterocycles. The van der Waals surface area contributed by atoms with Gasteiger partial charge in [0.2, 0.25) is 0 Å². The van der Waals surface area contributed by atoms with Gasteiger partial charge >= 0.3 is 0 Å². The van der Waals surface area contributed by atoms with Gasteiger partial charge in [0.1, 0.15) is 0 Å². The summed E-state index contributed by atoms with van der Waals surface area (Å²) in [6.45, 7) is 13.4. The molecule has 0 bridgehead atoms. The van der Waals surface area contributed by atoms with Gasteiger partial charge in [0.05, 0.1) is 0 Å². The fourth-order valence-electron chi connectivity index (χ4n) is 2.64. The number of hydrogen-bond donors (Lipinski definition) is 2. The third-order valence-corrected chi connectivity index (χ3v) is 4.06. The van der Waals surface area contributed by atoms with E-state index < -0.39 is 0 Å². The molecule has 1 unspecified atom stereocenters. The van der Waals surface area contributed by atoms with Crippen LogP contribution in [0.3, 0.4) is 0 Å². The van der Waals surface area contributed by atoms with Crippen molar-refractivity contribution in [1.82, 2.24) is 15.5 Å². The van der Waals surface area contributed by atoms with Gasteiger partial charge in [0, 0.05) is 26.2 Å². The summed E-state index contributed by atoms with van der Waals surface area (Å²) in [6, 6.07) is 0.587. The first-order valence-corrected chi connectivity index (χ1v) is 8.29. The van der Waals surface area contributed by atoms with Gasteiger partial charge in [0.25, 0.3) is 0 Å². The Hall–Kier alpha value is -0.770. The van der Waals surface area contributed by atoms with Gasteiger partial charge in [0.15, 0.2) is 5.96 Å². The van der Waals surface area contributed by atoms with Crippen molar-refractivity contribution in [2.45, 2.75) is 53.0 Å². The molecule has 1 saturated carbocycles. The summed E-state index contributed by atoms with van der Waals surface area (Å²) in [5, 5.41) is 6.94. The maximum atomic E-state index is 4.33. The van der Waals surface area contributed by atoms with Crippen molar-refractivity contribution in [2.24, 2.45) is 16.8 Å². The predicted molar refractivity (Wildman–Crippen MR) is 88.3 cm³/mol. The van der Waals surface area contributed by atoms with Crippen molar-refractivity contribution in [2.75, 3.05) is 33.2 Å². The van der Waals surface area contributed by atoms with Gasteiger partial charge in [-0.05, 0) is 44.2 Å². The average Bonchev–Trinajstić information content (AvgIpc) is 3.23. The molecule has 4 heteroatoms. The van der Waals surface area contributed by atoms with Crippen LogP contribution in [0.15, 0.2) is 4.99 Å². The predicted octanol–water partition coefficient (Wildman–Crippen LogP) is 2.32. The molecule has 0 aromatic carbocycles. The zero-order valence-corrected chi connectivity index (χ0v) is 14.1. The second kappa shape index (κ2) is 9.22. The van der Waals surface area contributed by atoms with Gasteiger partial charge < -0.3 is 10.6 Å². The highest BCUT2D eigenvalue weighted by molar-refractivity contribution is 5.79. The summed E-state index contributed by atoms with van der Waals surface area (Å²) in [6.07, 6.45) is 3.98. The van der Waals surface area contributed by atoms with Crippen molar-refractivity contribution in [3.63, 3.8) is 0 Å². The molecule has 0 radical (unpaired) electrons. The van der Waals surface area contributed by atoms with Gasteiger partial charge in [-0.1, -0.05) is 27.7 Å². The minimum atomic E-state index is 0.587. The quantitative estimate of drug-likeness (QED) is 0.503. The van der Waals surface area contributed by atoms with Crippen LogP contribution in [0.1, 0.15) is 47.0 Å². The molecule has 1 aliphatic rings. The highest BCUT2D eigenvalue weighted by Crippen LogP contribution is 2.27. The van der Waals surface area contributed by atoms with E-state index >= 15 is 0 Å². The van der Waals surface area contributed by atoms with E-state index in [9.17, 15) is 0 Å². The molecule has 0 aromatic rings. The van der Waals surface area contributed by atoms with Gasteiger partial charge in [-0.2, -0.15) is 0 Å². The SMILES string of the molecule is CCN(CC)C(CNC(=NC)NCC1CC1)CC(C)C. The largest absolute Gasteiger partial charge is 0.356 e. The minimum absolute atomic E-state index is 0.587. The number of nitrogens with one attached hydrogen (secondary N) is 2. The number of nitrogens with zero attached hydrogens (tertiary/aromatic N) is 2. The van der Waals surface area contributed by atoms with E-state index in [1.54, 1.807) is 0 Å². The fraction of sp³-hybridized carbons (Fsp3) is 0.938. The summed E-state index contributed by atoms with van der Waals surface area (Å²) < 4.78 is 0. The van der Waals surface area contributed by atoms with E-state index in [4.69, 9.17) is 0 Å². The van der Waals surface area contributed by atoms with Crippen LogP contribution < -0.4 is 10.6 Å². The first-order chi connectivity index (χ1) is 9.60. The molecule has 1 aliphatic carbocycles. The zero-order valence-electron chi connectivity index (χ0n) is 14.1. The Bertz CT molecular complexity index is 280. The van der Waals surface area contributed by atoms with Crippen molar-refractivity contribution in [3.8, 4) is 0 Å². The molecule has 0 heterocycles. The molecule has 0 spiro atoms. The normalized spacial score (nSPS) is 17.6. The Balaban J connectivity index is 2.41. The molecular formula is C16H34N4. The second-order valence-electron chi connectivity index (χ2n) is 6.28. The summed E-state index contributed by atoms with van der Waals surface area (Å²) in [7, 11) is 1.86. The van der Waals surface area contributed by atoms with E-state index in [0.717, 1.165) is 44.0 Å². The molecule has 1 rings (SSSR count). The molecule has 20 heavy (non-hydrogen) atoms. The number of rotatable bonds is 9. The topological polar surface area (TPSA) is 39.7 Å². The van der Waals surface area contributed by atoms with Gasteiger partial charge in [-0.25, -0.2) is 0 Å². The monoisotopic (exact) mass is 282 g/mol. The molecule has 0 amide bonds. The molecule has 2 N–H and O–H groups in total. The maximum absolute atomic E-state index is 4.33. The average molecular weight is 282 g/mol. The number of guanidine groups is 1. The molecule has 4 nitrogen and oxygen atoms in total.